The highest BCUT2D eigenvalue weighted by molar-refractivity contribution is 14.1. The topological polar surface area (TPSA) is 70.2 Å². The van der Waals surface area contributed by atoms with Crippen LogP contribution in [0.25, 0.3) is 22.4 Å². The van der Waals surface area contributed by atoms with E-state index in [0.717, 1.165) is 56.2 Å². The Bertz CT molecular complexity index is 1250. The molecule has 2 N–H and O–H groups in total. The highest BCUT2D eigenvalue weighted by Gasteiger charge is 2.17. The summed E-state index contributed by atoms with van der Waals surface area (Å²) in [5.41, 5.74) is 4.88. The van der Waals surface area contributed by atoms with Gasteiger partial charge >= 0.3 is 0 Å². The molecule has 0 radical (unpaired) electrons. The first-order valence-corrected chi connectivity index (χ1v) is 11.6. The average molecular weight is 540 g/mol. The third kappa shape index (κ3) is 4.43. The number of hydrogen-bond donors (Lipinski definition) is 2. The van der Waals surface area contributed by atoms with Gasteiger partial charge in [-0.1, -0.05) is 12.1 Å². The number of ether oxygens (including phenoxy) is 1. The Labute approximate surface area is 201 Å². The summed E-state index contributed by atoms with van der Waals surface area (Å²) in [5.74, 6) is 1.34. The van der Waals surface area contributed by atoms with Crippen LogP contribution in [0.15, 0.2) is 60.7 Å². The number of nitrogens with one attached hydrogen (secondary N) is 2. The van der Waals surface area contributed by atoms with Crippen molar-refractivity contribution in [2.45, 2.75) is 13.8 Å². The molecule has 32 heavy (non-hydrogen) atoms. The van der Waals surface area contributed by atoms with E-state index in [0.29, 0.717) is 5.56 Å². The van der Waals surface area contributed by atoms with Crippen molar-refractivity contribution < 1.29 is 9.53 Å². The van der Waals surface area contributed by atoms with E-state index in [-0.39, 0.29) is 5.91 Å². The number of H-pyrrole nitrogens is 1. The van der Waals surface area contributed by atoms with Crippen LogP contribution in [0, 0.1) is 3.57 Å². The Balaban J connectivity index is 1.78. The maximum Gasteiger partial charge on any atom is 0.255 e. The fourth-order valence-corrected chi connectivity index (χ4v) is 4.10. The lowest BCUT2D eigenvalue weighted by Gasteiger charge is -2.24. The van der Waals surface area contributed by atoms with Crippen LogP contribution in [0.2, 0.25) is 0 Å². The number of amides is 1. The van der Waals surface area contributed by atoms with Gasteiger partial charge in [-0.15, -0.1) is 0 Å². The molecule has 4 rings (SSSR count). The van der Waals surface area contributed by atoms with E-state index < -0.39 is 0 Å². The molecule has 4 aromatic rings. The van der Waals surface area contributed by atoms with Crippen LogP contribution in [0.1, 0.15) is 24.2 Å². The van der Waals surface area contributed by atoms with E-state index in [1.165, 1.54) is 0 Å². The highest BCUT2D eigenvalue weighted by atomic mass is 127. The molecule has 0 aliphatic carbocycles. The molecule has 0 spiro atoms. The summed E-state index contributed by atoms with van der Waals surface area (Å²) >= 11 is 2.23. The zero-order chi connectivity index (χ0) is 22.7. The molecule has 6 nitrogen and oxygen atoms in total. The second kappa shape index (κ2) is 9.60. The summed E-state index contributed by atoms with van der Waals surface area (Å²) in [6.07, 6.45) is 0. The van der Waals surface area contributed by atoms with Gasteiger partial charge in [0.25, 0.3) is 5.91 Å². The number of anilines is 2. The van der Waals surface area contributed by atoms with Crippen molar-refractivity contribution in [2.75, 3.05) is 30.4 Å². The first kappa shape index (κ1) is 22.1. The van der Waals surface area contributed by atoms with E-state index in [4.69, 9.17) is 9.72 Å². The number of rotatable bonds is 7. The minimum atomic E-state index is -0.140. The lowest BCUT2D eigenvalue weighted by molar-refractivity contribution is 0.102. The molecule has 1 aromatic heterocycles. The minimum Gasteiger partial charge on any atom is -0.496 e. The predicted octanol–water partition coefficient (Wildman–Crippen LogP) is 5.94. The molecular weight excluding hydrogens is 515 g/mol. The van der Waals surface area contributed by atoms with Crippen LogP contribution >= 0.6 is 22.6 Å². The second-order valence-corrected chi connectivity index (χ2v) is 8.55. The molecule has 0 bridgehead atoms. The number of imidazole rings is 1. The monoisotopic (exact) mass is 540 g/mol. The molecule has 3 aromatic carbocycles. The molecule has 0 saturated carbocycles. The average Bonchev–Trinajstić information content (AvgIpc) is 3.23. The maximum atomic E-state index is 12.9. The molecule has 0 unspecified atom stereocenters. The van der Waals surface area contributed by atoms with Crippen LogP contribution in [0.3, 0.4) is 0 Å². The van der Waals surface area contributed by atoms with Crippen molar-refractivity contribution >= 4 is 50.9 Å². The molecular formula is C25H25IN4O2. The standard InChI is InChI=1S/C25H25IN4O2/c1-4-30(5-2)22-15-20-19(27-24(28-20)18-8-6-7-9-23(18)32-3)14-21(22)29-25(31)16-10-12-17(26)13-11-16/h6-15H,4-5H2,1-3H3,(H,27,28)(H,29,31). The van der Waals surface area contributed by atoms with Crippen molar-refractivity contribution in [3.8, 4) is 17.1 Å². The number of carbonyl (C=O) groups excluding carboxylic acids is 1. The van der Waals surface area contributed by atoms with Gasteiger partial charge in [-0.25, -0.2) is 4.98 Å². The van der Waals surface area contributed by atoms with Gasteiger partial charge in [0.2, 0.25) is 0 Å². The highest BCUT2D eigenvalue weighted by Crippen LogP contribution is 2.34. The Morgan fingerprint density at radius 2 is 1.81 bits per heavy atom. The Hall–Kier alpha value is -3.07. The molecule has 7 heteroatoms. The smallest absolute Gasteiger partial charge is 0.255 e. The van der Waals surface area contributed by atoms with Gasteiger partial charge in [0.15, 0.2) is 0 Å². The largest absolute Gasteiger partial charge is 0.496 e. The number of halogens is 1. The van der Waals surface area contributed by atoms with E-state index in [1.54, 1.807) is 7.11 Å². The summed E-state index contributed by atoms with van der Waals surface area (Å²) in [5, 5.41) is 3.10. The molecule has 0 saturated heterocycles. The number of nitrogens with zero attached hydrogens (tertiary/aromatic N) is 2. The van der Waals surface area contributed by atoms with Crippen LogP contribution in [0.4, 0.5) is 11.4 Å². The predicted molar refractivity (Wildman–Crippen MR) is 139 cm³/mol. The number of aromatic nitrogens is 2. The van der Waals surface area contributed by atoms with Crippen LogP contribution < -0.4 is 15.0 Å². The summed E-state index contributed by atoms with van der Waals surface area (Å²) in [6, 6.07) is 19.3. The Kier molecular flexibility index (Phi) is 6.64. The van der Waals surface area contributed by atoms with Gasteiger partial charge in [-0.2, -0.15) is 0 Å². The fraction of sp³-hybridized carbons (Fsp3) is 0.200. The van der Waals surface area contributed by atoms with Gasteiger partial charge in [-0.3, -0.25) is 4.79 Å². The minimum absolute atomic E-state index is 0.140. The zero-order valence-corrected chi connectivity index (χ0v) is 20.4. The Morgan fingerprint density at radius 3 is 2.50 bits per heavy atom. The summed E-state index contributed by atoms with van der Waals surface area (Å²) in [6.45, 7) is 5.84. The third-order valence-corrected chi connectivity index (χ3v) is 6.14. The van der Waals surface area contributed by atoms with Crippen molar-refractivity contribution in [3.63, 3.8) is 0 Å². The van der Waals surface area contributed by atoms with Gasteiger partial charge in [0, 0.05) is 22.2 Å². The van der Waals surface area contributed by atoms with Gasteiger partial charge in [0.1, 0.15) is 11.6 Å². The number of hydrogen-bond acceptors (Lipinski definition) is 4. The van der Waals surface area contributed by atoms with Crippen LogP contribution in [-0.2, 0) is 0 Å². The number of fused-ring (bicyclic) bond motifs is 1. The summed E-state index contributed by atoms with van der Waals surface area (Å²) in [7, 11) is 1.65. The number of benzene rings is 3. The number of methoxy groups -OCH3 is 1. The van der Waals surface area contributed by atoms with Crippen molar-refractivity contribution in [3.05, 3.63) is 69.8 Å². The third-order valence-electron chi connectivity index (χ3n) is 5.42. The SMILES string of the molecule is CCN(CC)c1cc2nc(-c3ccccc3OC)[nH]c2cc1NC(=O)c1ccc(I)cc1. The molecule has 1 amide bonds. The molecule has 0 aliphatic rings. The van der Waals surface area contributed by atoms with Crippen LogP contribution in [0.5, 0.6) is 5.75 Å². The first-order chi connectivity index (χ1) is 15.5. The lowest BCUT2D eigenvalue weighted by Crippen LogP contribution is -2.24. The Morgan fingerprint density at radius 1 is 1.09 bits per heavy atom. The second-order valence-electron chi connectivity index (χ2n) is 7.31. The van der Waals surface area contributed by atoms with E-state index in [1.807, 2.05) is 60.7 Å². The molecule has 1 heterocycles. The van der Waals surface area contributed by atoms with E-state index in [9.17, 15) is 4.79 Å². The van der Waals surface area contributed by atoms with Gasteiger partial charge < -0.3 is 19.9 Å². The van der Waals surface area contributed by atoms with Crippen molar-refractivity contribution in [1.29, 1.82) is 0 Å². The zero-order valence-electron chi connectivity index (χ0n) is 18.3. The lowest BCUT2D eigenvalue weighted by atomic mass is 10.1. The maximum absolute atomic E-state index is 12.9. The van der Waals surface area contributed by atoms with Gasteiger partial charge in [-0.05, 0) is 85.0 Å². The van der Waals surface area contributed by atoms with E-state index in [2.05, 4.69) is 51.6 Å². The molecule has 0 aliphatic heterocycles. The number of aromatic amines is 1. The van der Waals surface area contributed by atoms with Crippen molar-refractivity contribution in [2.24, 2.45) is 0 Å². The molecule has 0 atom stereocenters. The van der Waals surface area contributed by atoms with Crippen LogP contribution in [-0.4, -0.2) is 36.1 Å². The summed E-state index contributed by atoms with van der Waals surface area (Å²) in [4.78, 5) is 23.4. The summed E-state index contributed by atoms with van der Waals surface area (Å²) < 4.78 is 6.59. The fourth-order valence-electron chi connectivity index (χ4n) is 3.74. The number of carbonyl (C=O) groups is 1. The molecule has 164 valence electrons. The first-order valence-electron chi connectivity index (χ1n) is 10.5. The van der Waals surface area contributed by atoms with E-state index >= 15 is 0 Å². The quantitative estimate of drug-likeness (QED) is 0.285. The van der Waals surface area contributed by atoms with Crippen molar-refractivity contribution in [1.82, 2.24) is 9.97 Å². The normalized spacial score (nSPS) is 10.9. The van der Waals surface area contributed by atoms with Gasteiger partial charge in [0.05, 0.1) is 35.1 Å². The molecule has 0 fully saturated rings. The number of para-hydroxylation sites is 1.